The van der Waals surface area contributed by atoms with Gasteiger partial charge in [-0.05, 0) is 76.0 Å². The highest BCUT2D eigenvalue weighted by atomic mass is 16.1. The number of likely N-dealkylation sites (tertiary alicyclic amines) is 1. The van der Waals surface area contributed by atoms with Gasteiger partial charge in [0.15, 0.2) is 0 Å². The first-order valence-electron chi connectivity index (χ1n) is 8.91. The van der Waals surface area contributed by atoms with E-state index in [0.717, 1.165) is 29.9 Å². The van der Waals surface area contributed by atoms with Crippen molar-refractivity contribution in [3.63, 3.8) is 0 Å². The second kappa shape index (κ2) is 7.74. The summed E-state index contributed by atoms with van der Waals surface area (Å²) < 4.78 is 0. The van der Waals surface area contributed by atoms with Gasteiger partial charge in [0.1, 0.15) is 5.82 Å². The minimum Gasteiger partial charge on any atom is -0.311 e. The summed E-state index contributed by atoms with van der Waals surface area (Å²) in [6.07, 6.45) is 5.29. The van der Waals surface area contributed by atoms with E-state index in [4.69, 9.17) is 4.98 Å². The Morgan fingerprint density at radius 1 is 1.32 bits per heavy atom. The van der Waals surface area contributed by atoms with Crippen molar-refractivity contribution in [3.8, 4) is 0 Å². The second-order valence-corrected chi connectivity index (χ2v) is 6.95. The molecule has 0 saturated carbocycles. The number of rotatable bonds is 5. The quantitative estimate of drug-likeness (QED) is 0.907. The molecule has 0 spiro atoms. The molecule has 1 aliphatic rings. The Morgan fingerprint density at radius 3 is 2.84 bits per heavy atom. The largest absolute Gasteiger partial charge is 0.311 e. The molecule has 0 aliphatic carbocycles. The minimum absolute atomic E-state index is 0.00893. The molecular weight excluding hydrogens is 312 g/mol. The molecule has 5 nitrogen and oxygen atoms in total. The molecule has 0 bridgehead atoms. The second-order valence-electron chi connectivity index (χ2n) is 6.95. The number of amides is 1. The fourth-order valence-electron chi connectivity index (χ4n) is 3.37. The van der Waals surface area contributed by atoms with Crippen molar-refractivity contribution in [1.29, 1.82) is 0 Å². The van der Waals surface area contributed by atoms with Crippen molar-refractivity contribution >= 4 is 11.7 Å². The van der Waals surface area contributed by atoms with E-state index in [-0.39, 0.29) is 5.91 Å². The van der Waals surface area contributed by atoms with E-state index in [1.807, 2.05) is 26.0 Å². The lowest BCUT2D eigenvalue weighted by atomic mass is 10.0. The summed E-state index contributed by atoms with van der Waals surface area (Å²) in [4.78, 5) is 23.5. The number of carbonyl (C=O) groups excluding carboxylic acids is 1. The van der Waals surface area contributed by atoms with Crippen LogP contribution < -0.4 is 5.32 Å². The smallest absolute Gasteiger partial charge is 0.225 e. The van der Waals surface area contributed by atoms with Gasteiger partial charge in [0.2, 0.25) is 5.91 Å². The van der Waals surface area contributed by atoms with Crippen LogP contribution in [-0.2, 0) is 11.2 Å². The van der Waals surface area contributed by atoms with Crippen molar-refractivity contribution in [2.24, 2.45) is 0 Å². The van der Waals surface area contributed by atoms with E-state index >= 15 is 0 Å². The minimum atomic E-state index is -0.00893. The van der Waals surface area contributed by atoms with E-state index in [1.165, 1.54) is 12.0 Å². The summed E-state index contributed by atoms with van der Waals surface area (Å²) in [5.41, 5.74) is 4.41. The molecule has 25 heavy (non-hydrogen) atoms. The Labute approximate surface area is 149 Å². The molecule has 0 radical (unpaired) electrons. The molecule has 1 amide bonds. The van der Waals surface area contributed by atoms with E-state index in [2.05, 4.69) is 34.4 Å². The maximum absolute atomic E-state index is 12.2. The third-order valence-electron chi connectivity index (χ3n) is 4.71. The van der Waals surface area contributed by atoms with Gasteiger partial charge in [-0.25, -0.2) is 4.98 Å². The van der Waals surface area contributed by atoms with Gasteiger partial charge >= 0.3 is 0 Å². The molecule has 0 unspecified atom stereocenters. The average Bonchev–Trinajstić information content (AvgIpc) is 3.01. The van der Waals surface area contributed by atoms with E-state index in [9.17, 15) is 4.79 Å². The molecule has 1 saturated heterocycles. The normalized spacial score (nSPS) is 17.6. The maximum Gasteiger partial charge on any atom is 0.225 e. The van der Waals surface area contributed by atoms with Gasteiger partial charge in [0.05, 0.1) is 11.7 Å². The van der Waals surface area contributed by atoms with Crippen LogP contribution in [-0.4, -0.2) is 34.4 Å². The Balaban J connectivity index is 1.61. The number of hydrogen-bond donors (Lipinski definition) is 1. The van der Waals surface area contributed by atoms with Crippen LogP contribution in [0.4, 0.5) is 5.82 Å². The number of carbonyl (C=O) groups is 1. The summed E-state index contributed by atoms with van der Waals surface area (Å²) in [5.74, 6) is 0.597. The van der Waals surface area contributed by atoms with E-state index in [0.29, 0.717) is 24.7 Å². The highest BCUT2D eigenvalue weighted by Gasteiger charge is 2.24. The lowest BCUT2D eigenvalue weighted by molar-refractivity contribution is -0.116. The standard InChI is InChI=1S/C20H26N4O/c1-14-6-8-19(21-13-14)23-20(25)9-7-16-11-15(2)22-17(12-16)18-5-4-10-24(18)3/h6,8,11-13,18H,4-5,7,9-10H2,1-3H3,(H,21,23,25)/t18-/m0/s1. The SMILES string of the molecule is Cc1ccc(NC(=O)CCc2cc(C)nc([C@@H]3CCCN3C)c2)nc1. The molecule has 1 fully saturated rings. The van der Waals surface area contributed by atoms with Crippen LogP contribution in [0.25, 0.3) is 0 Å². The van der Waals surface area contributed by atoms with Gasteiger partial charge in [0.25, 0.3) is 0 Å². The molecule has 0 aromatic carbocycles. The third-order valence-corrected chi connectivity index (χ3v) is 4.71. The monoisotopic (exact) mass is 338 g/mol. The Hall–Kier alpha value is -2.27. The molecule has 2 aromatic rings. The van der Waals surface area contributed by atoms with Crippen molar-refractivity contribution in [2.75, 3.05) is 18.9 Å². The molecule has 1 N–H and O–H groups in total. The first kappa shape index (κ1) is 17.5. The number of nitrogens with zero attached hydrogens (tertiary/aromatic N) is 3. The lowest BCUT2D eigenvalue weighted by Gasteiger charge is -2.20. The fraction of sp³-hybridized carbons (Fsp3) is 0.450. The molecule has 1 aliphatic heterocycles. The number of pyridine rings is 2. The number of anilines is 1. The Morgan fingerprint density at radius 2 is 2.16 bits per heavy atom. The Bertz CT molecular complexity index is 742. The average molecular weight is 338 g/mol. The van der Waals surface area contributed by atoms with Crippen LogP contribution in [0.1, 0.15) is 47.8 Å². The van der Waals surface area contributed by atoms with Crippen molar-refractivity contribution in [1.82, 2.24) is 14.9 Å². The van der Waals surface area contributed by atoms with Crippen LogP contribution >= 0.6 is 0 Å². The summed E-state index contributed by atoms with van der Waals surface area (Å²) in [5, 5.41) is 2.86. The summed E-state index contributed by atoms with van der Waals surface area (Å²) in [7, 11) is 2.16. The van der Waals surface area contributed by atoms with Crippen molar-refractivity contribution in [2.45, 2.75) is 45.6 Å². The highest BCUT2D eigenvalue weighted by molar-refractivity contribution is 5.89. The highest BCUT2D eigenvalue weighted by Crippen LogP contribution is 2.29. The van der Waals surface area contributed by atoms with Crippen LogP contribution in [0.2, 0.25) is 0 Å². The molecule has 3 heterocycles. The number of nitrogens with one attached hydrogen (secondary N) is 1. The van der Waals surface area contributed by atoms with Gasteiger partial charge in [-0.1, -0.05) is 6.07 Å². The van der Waals surface area contributed by atoms with Gasteiger partial charge in [-0.3, -0.25) is 14.7 Å². The van der Waals surface area contributed by atoms with Crippen LogP contribution in [0.3, 0.4) is 0 Å². The fourth-order valence-corrected chi connectivity index (χ4v) is 3.37. The topological polar surface area (TPSA) is 58.1 Å². The van der Waals surface area contributed by atoms with Crippen molar-refractivity contribution < 1.29 is 4.79 Å². The maximum atomic E-state index is 12.2. The third kappa shape index (κ3) is 4.63. The lowest BCUT2D eigenvalue weighted by Crippen LogP contribution is -2.19. The number of aromatic nitrogens is 2. The van der Waals surface area contributed by atoms with Crippen LogP contribution in [0.5, 0.6) is 0 Å². The van der Waals surface area contributed by atoms with E-state index in [1.54, 1.807) is 6.20 Å². The molecule has 132 valence electrons. The van der Waals surface area contributed by atoms with Crippen molar-refractivity contribution in [3.05, 3.63) is 53.0 Å². The predicted octanol–water partition coefficient (Wildman–Crippen LogP) is 3.43. The predicted molar refractivity (Wildman–Crippen MR) is 99.5 cm³/mol. The summed E-state index contributed by atoms with van der Waals surface area (Å²) in [6, 6.07) is 8.42. The Kier molecular flexibility index (Phi) is 5.43. The zero-order valence-corrected chi connectivity index (χ0v) is 15.2. The number of aryl methyl sites for hydroxylation is 3. The first-order valence-corrected chi connectivity index (χ1v) is 8.91. The zero-order chi connectivity index (χ0) is 17.8. The molecule has 5 heteroatoms. The molecule has 2 aromatic heterocycles. The van der Waals surface area contributed by atoms with E-state index < -0.39 is 0 Å². The summed E-state index contributed by atoms with van der Waals surface area (Å²) in [6.45, 7) is 5.13. The van der Waals surface area contributed by atoms with Gasteiger partial charge in [-0.15, -0.1) is 0 Å². The molecule has 3 rings (SSSR count). The van der Waals surface area contributed by atoms with Crippen LogP contribution in [0.15, 0.2) is 30.5 Å². The number of hydrogen-bond acceptors (Lipinski definition) is 4. The van der Waals surface area contributed by atoms with Gasteiger partial charge in [-0.2, -0.15) is 0 Å². The van der Waals surface area contributed by atoms with Gasteiger partial charge in [0, 0.05) is 18.3 Å². The first-order chi connectivity index (χ1) is 12.0. The van der Waals surface area contributed by atoms with Crippen LogP contribution in [0, 0.1) is 13.8 Å². The molecule has 1 atom stereocenters. The molecular formula is C20H26N4O. The van der Waals surface area contributed by atoms with Gasteiger partial charge < -0.3 is 5.32 Å². The zero-order valence-electron chi connectivity index (χ0n) is 15.2. The summed E-state index contributed by atoms with van der Waals surface area (Å²) >= 11 is 0.